The predicted molar refractivity (Wildman–Crippen MR) is 72.3 cm³/mol. The van der Waals surface area contributed by atoms with Gasteiger partial charge in [-0.2, -0.15) is 0 Å². The van der Waals surface area contributed by atoms with Crippen LogP contribution in [0, 0.1) is 13.8 Å². The third kappa shape index (κ3) is 3.12. The van der Waals surface area contributed by atoms with Crippen molar-refractivity contribution in [2.75, 3.05) is 18.0 Å². The van der Waals surface area contributed by atoms with E-state index in [4.69, 9.17) is 5.11 Å². The minimum absolute atomic E-state index is 0.0224. The lowest BCUT2D eigenvalue weighted by atomic mass is 10.1. The van der Waals surface area contributed by atoms with Crippen LogP contribution in [0.15, 0.2) is 18.2 Å². The van der Waals surface area contributed by atoms with E-state index in [9.17, 15) is 9.59 Å². The average molecular weight is 262 g/mol. The Labute approximate surface area is 112 Å². The Hall–Kier alpha value is -1.88. The van der Waals surface area contributed by atoms with Gasteiger partial charge in [-0.25, -0.2) is 0 Å². The first kappa shape index (κ1) is 13.5. The number of carbonyl (C=O) groups is 2. The zero-order chi connectivity index (χ0) is 14.0. The molecule has 1 aromatic rings. The fourth-order valence-corrected chi connectivity index (χ4v) is 2.20. The van der Waals surface area contributed by atoms with E-state index in [1.54, 1.807) is 4.90 Å². The summed E-state index contributed by atoms with van der Waals surface area (Å²) in [7, 11) is 0. The molecule has 0 radical (unpaired) electrons. The summed E-state index contributed by atoms with van der Waals surface area (Å²) in [5.74, 6) is -0.878. The molecule has 1 unspecified atom stereocenters. The van der Waals surface area contributed by atoms with Gasteiger partial charge in [0.15, 0.2) is 0 Å². The molecule has 1 saturated heterocycles. The number of benzene rings is 1. The van der Waals surface area contributed by atoms with E-state index in [0.29, 0.717) is 6.54 Å². The minimum atomic E-state index is -0.855. The monoisotopic (exact) mass is 262 g/mol. The van der Waals surface area contributed by atoms with E-state index in [2.05, 4.69) is 5.32 Å². The highest BCUT2D eigenvalue weighted by molar-refractivity contribution is 5.96. The number of piperazine rings is 1. The van der Waals surface area contributed by atoms with Gasteiger partial charge in [-0.1, -0.05) is 6.07 Å². The molecule has 2 rings (SSSR count). The van der Waals surface area contributed by atoms with Gasteiger partial charge in [-0.05, 0) is 37.1 Å². The van der Waals surface area contributed by atoms with Crippen LogP contribution in [-0.4, -0.2) is 36.1 Å². The number of nitrogens with zero attached hydrogens (tertiary/aromatic N) is 1. The Morgan fingerprint density at radius 2 is 2.16 bits per heavy atom. The smallest absolute Gasteiger partial charge is 0.304 e. The Morgan fingerprint density at radius 1 is 1.42 bits per heavy atom. The highest BCUT2D eigenvalue weighted by atomic mass is 16.4. The topological polar surface area (TPSA) is 69.6 Å². The molecular weight excluding hydrogens is 244 g/mol. The molecular formula is C14H18N2O3. The normalized spacial score (nSPS) is 19.6. The van der Waals surface area contributed by atoms with Crippen molar-refractivity contribution in [3.8, 4) is 0 Å². The van der Waals surface area contributed by atoms with Crippen LogP contribution < -0.4 is 10.2 Å². The molecule has 1 aromatic carbocycles. The molecule has 1 aliphatic rings. The molecule has 0 aliphatic carbocycles. The summed E-state index contributed by atoms with van der Waals surface area (Å²) in [6.45, 7) is 4.60. The number of aliphatic carboxylic acids is 1. The summed E-state index contributed by atoms with van der Waals surface area (Å²) in [4.78, 5) is 24.3. The van der Waals surface area contributed by atoms with Crippen molar-refractivity contribution < 1.29 is 14.7 Å². The van der Waals surface area contributed by atoms with Crippen LogP contribution in [0.1, 0.15) is 17.5 Å². The number of amides is 1. The summed E-state index contributed by atoms with van der Waals surface area (Å²) < 4.78 is 0. The molecule has 0 spiro atoms. The molecule has 0 aromatic heterocycles. The van der Waals surface area contributed by atoms with Crippen LogP contribution in [0.4, 0.5) is 5.69 Å². The van der Waals surface area contributed by atoms with Gasteiger partial charge in [-0.15, -0.1) is 0 Å². The summed E-state index contributed by atoms with van der Waals surface area (Å²) >= 11 is 0. The molecule has 5 heteroatoms. The van der Waals surface area contributed by atoms with E-state index < -0.39 is 5.97 Å². The third-order valence-electron chi connectivity index (χ3n) is 3.47. The molecule has 1 fully saturated rings. The van der Waals surface area contributed by atoms with Gasteiger partial charge >= 0.3 is 5.97 Å². The maximum atomic E-state index is 11.9. The van der Waals surface area contributed by atoms with Crippen LogP contribution >= 0.6 is 0 Å². The van der Waals surface area contributed by atoms with Crippen LogP contribution in [-0.2, 0) is 9.59 Å². The second-order valence-corrected chi connectivity index (χ2v) is 4.95. The van der Waals surface area contributed by atoms with E-state index in [1.165, 1.54) is 5.56 Å². The van der Waals surface area contributed by atoms with Crippen molar-refractivity contribution in [3.05, 3.63) is 29.3 Å². The highest BCUT2D eigenvalue weighted by Crippen LogP contribution is 2.21. The van der Waals surface area contributed by atoms with Gasteiger partial charge in [0.05, 0.1) is 13.0 Å². The van der Waals surface area contributed by atoms with Crippen molar-refractivity contribution in [1.29, 1.82) is 0 Å². The molecule has 19 heavy (non-hydrogen) atoms. The molecule has 5 nitrogen and oxygen atoms in total. The quantitative estimate of drug-likeness (QED) is 0.855. The SMILES string of the molecule is Cc1ccc(N2CC(CC(=O)O)NCC2=O)cc1C. The number of carboxylic acid groups (broad SMARTS) is 1. The number of rotatable bonds is 3. The molecule has 0 saturated carbocycles. The lowest BCUT2D eigenvalue weighted by molar-refractivity contribution is -0.138. The Bertz CT molecular complexity index is 513. The largest absolute Gasteiger partial charge is 0.481 e. The molecule has 2 N–H and O–H groups in total. The lowest BCUT2D eigenvalue weighted by Gasteiger charge is -2.33. The number of hydrogen-bond acceptors (Lipinski definition) is 3. The fraction of sp³-hybridized carbons (Fsp3) is 0.429. The van der Waals surface area contributed by atoms with Gasteiger partial charge in [0, 0.05) is 18.3 Å². The first-order valence-electron chi connectivity index (χ1n) is 6.30. The van der Waals surface area contributed by atoms with E-state index in [-0.39, 0.29) is 24.9 Å². The second-order valence-electron chi connectivity index (χ2n) is 4.95. The standard InChI is InChI=1S/C14H18N2O3/c1-9-3-4-12(5-10(9)2)16-8-11(6-14(18)19)15-7-13(16)17/h3-5,11,15H,6-8H2,1-2H3,(H,18,19). The zero-order valence-electron chi connectivity index (χ0n) is 11.1. The van der Waals surface area contributed by atoms with Crippen molar-refractivity contribution in [2.24, 2.45) is 0 Å². The lowest BCUT2D eigenvalue weighted by Crippen LogP contribution is -2.54. The summed E-state index contributed by atoms with van der Waals surface area (Å²) in [6, 6.07) is 5.66. The van der Waals surface area contributed by atoms with Crippen LogP contribution in [0.25, 0.3) is 0 Å². The molecule has 1 heterocycles. The Balaban J connectivity index is 2.18. The van der Waals surface area contributed by atoms with Crippen LogP contribution in [0.2, 0.25) is 0 Å². The predicted octanol–water partition coefficient (Wildman–Crippen LogP) is 1.08. The van der Waals surface area contributed by atoms with Crippen LogP contribution in [0.3, 0.4) is 0 Å². The fourth-order valence-electron chi connectivity index (χ4n) is 2.20. The zero-order valence-corrected chi connectivity index (χ0v) is 11.1. The van der Waals surface area contributed by atoms with Crippen LogP contribution in [0.5, 0.6) is 0 Å². The van der Waals surface area contributed by atoms with E-state index >= 15 is 0 Å². The molecule has 102 valence electrons. The van der Waals surface area contributed by atoms with Gasteiger partial charge in [0.2, 0.25) is 5.91 Å². The van der Waals surface area contributed by atoms with Crippen molar-refractivity contribution in [2.45, 2.75) is 26.3 Å². The molecule has 1 atom stereocenters. The number of anilines is 1. The molecule has 1 aliphatic heterocycles. The van der Waals surface area contributed by atoms with Crippen molar-refractivity contribution in [3.63, 3.8) is 0 Å². The number of hydrogen-bond donors (Lipinski definition) is 2. The molecule has 0 bridgehead atoms. The summed E-state index contributed by atoms with van der Waals surface area (Å²) in [5.41, 5.74) is 3.14. The van der Waals surface area contributed by atoms with Crippen molar-refractivity contribution in [1.82, 2.24) is 5.32 Å². The number of carboxylic acids is 1. The Morgan fingerprint density at radius 3 is 2.79 bits per heavy atom. The number of aryl methyl sites for hydroxylation is 2. The number of carbonyl (C=O) groups excluding carboxylic acids is 1. The maximum Gasteiger partial charge on any atom is 0.304 e. The Kier molecular flexibility index (Phi) is 3.85. The third-order valence-corrected chi connectivity index (χ3v) is 3.47. The minimum Gasteiger partial charge on any atom is -0.481 e. The maximum absolute atomic E-state index is 11.9. The second kappa shape index (κ2) is 5.40. The first-order valence-corrected chi connectivity index (χ1v) is 6.30. The molecule has 1 amide bonds. The first-order chi connectivity index (χ1) is 8.97. The van der Waals surface area contributed by atoms with Gasteiger partial charge in [0.1, 0.15) is 0 Å². The summed E-state index contributed by atoms with van der Waals surface area (Å²) in [6.07, 6.45) is 0.0224. The average Bonchev–Trinajstić information content (AvgIpc) is 2.34. The van der Waals surface area contributed by atoms with Gasteiger partial charge in [-0.3, -0.25) is 9.59 Å². The summed E-state index contributed by atoms with van der Waals surface area (Å²) in [5, 5.41) is 11.8. The highest BCUT2D eigenvalue weighted by Gasteiger charge is 2.27. The van der Waals surface area contributed by atoms with Crippen molar-refractivity contribution >= 4 is 17.6 Å². The van der Waals surface area contributed by atoms with Gasteiger partial charge in [0.25, 0.3) is 0 Å². The van der Waals surface area contributed by atoms with E-state index in [1.807, 2.05) is 32.0 Å². The van der Waals surface area contributed by atoms with E-state index in [0.717, 1.165) is 11.3 Å². The number of nitrogens with one attached hydrogen (secondary N) is 1. The van der Waals surface area contributed by atoms with Gasteiger partial charge < -0.3 is 15.3 Å².